The van der Waals surface area contributed by atoms with E-state index in [1.807, 2.05) is 36.4 Å². The van der Waals surface area contributed by atoms with E-state index in [2.05, 4.69) is 23.2 Å². The van der Waals surface area contributed by atoms with Crippen molar-refractivity contribution in [2.24, 2.45) is 0 Å². The highest BCUT2D eigenvalue weighted by atomic mass is 16.5. The molecule has 144 valence electrons. The zero-order valence-corrected chi connectivity index (χ0v) is 15.6. The smallest absolute Gasteiger partial charge is 0.335 e. The summed E-state index contributed by atoms with van der Waals surface area (Å²) < 4.78 is 11.8. The van der Waals surface area contributed by atoms with E-state index in [0.717, 1.165) is 23.3 Å². The number of ether oxygens (including phenoxy) is 1. The summed E-state index contributed by atoms with van der Waals surface area (Å²) in [5.74, 6) is 0.828. The molecular formula is C24H19NO4. The molecule has 1 aliphatic rings. The third kappa shape index (κ3) is 4.52. The Morgan fingerprint density at radius 1 is 1.10 bits per heavy atom. The van der Waals surface area contributed by atoms with E-state index in [-0.39, 0.29) is 5.56 Å². The summed E-state index contributed by atoms with van der Waals surface area (Å²) in [6, 6.07) is 14.1. The molecule has 2 aromatic carbocycles. The van der Waals surface area contributed by atoms with E-state index < -0.39 is 5.97 Å². The Kier molecular flexibility index (Phi) is 5.38. The van der Waals surface area contributed by atoms with E-state index in [1.54, 1.807) is 18.3 Å². The van der Waals surface area contributed by atoms with Crippen molar-refractivity contribution < 1.29 is 19.1 Å². The highest BCUT2D eigenvalue weighted by Crippen LogP contribution is 2.28. The van der Waals surface area contributed by atoms with Crippen molar-refractivity contribution in [1.29, 1.82) is 0 Å². The molecule has 1 heterocycles. The molecule has 3 aromatic rings. The van der Waals surface area contributed by atoms with Crippen LogP contribution in [0, 0.1) is 0 Å². The van der Waals surface area contributed by atoms with E-state index >= 15 is 0 Å². The number of carboxylic acids is 1. The maximum absolute atomic E-state index is 11.0. The lowest BCUT2D eigenvalue weighted by Gasteiger charge is -2.07. The van der Waals surface area contributed by atoms with Crippen LogP contribution in [0.5, 0.6) is 5.75 Å². The van der Waals surface area contributed by atoms with Crippen LogP contribution in [0.1, 0.15) is 16.8 Å². The van der Waals surface area contributed by atoms with Gasteiger partial charge in [-0.2, -0.15) is 0 Å². The standard InChI is InChI=1S/C24H19NO4/c26-24(27)19-12-10-18(11-13-19)23-25-15-22(29-23)20-8-5-9-21(14-20)28-16-17-6-3-1-2-4-7-17/h1,3-15H,2,16H2,(H,26,27). The molecule has 1 aromatic heterocycles. The summed E-state index contributed by atoms with van der Waals surface area (Å²) in [5, 5.41) is 9.00. The number of oxazole rings is 1. The average Bonchev–Trinajstić information content (AvgIpc) is 3.10. The Morgan fingerprint density at radius 2 is 1.97 bits per heavy atom. The number of rotatable bonds is 6. The first kappa shape index (κ1) is 18.5. The van der Waals surface area contributed by atoms with Crippen molar-refractivity contribution in [3.8, 4) is 28.5 Å². The van der Waals surface area contributed by atoms with Gasteiger partial charge < -0.3 is 14.3 Å². The van der Waals surface area contributed by atoms with Gasteiger partial charge in [0.15, 0.2) is 5.76 Å². The highest BCUT2D eigenvalue weighted by molar-refractivity contribution is 5.88. The fourth-order valence-corrected chi connectivity index (χ4v) is 2.92. The second kappa shape index (κ2) is 8.44. The summed E-state index contributed by atoms with van der Waals surface area (Å²) in [5.41, 5.74) is 2.90. The minimum absolute atomic E-state index is 0.222. The van der Waals surface area contributed by atoms with Gasteiger partial charge in [-0.05, 0) is 48.4 Å². The van der Waals surface area contributed by atoms with Gasteiger partial charge in [0.2, 0.25) is 5.89 Å². The van der Waals surface area contributed by atoms with Crippen molar-refractivity contribution >= 4 is 5.97 Å². The van der Waals surface area contributed by atoms with Gasteiger partial charge in [-0.1, -0.05) is 42.5 Å². The van der Waals surface area contributed by atoms with Crippen LogP contribution in [-0.2, 0) is 0 Å². The molecule has 5 nitrogen and oxygen atoms in total. The molecule has 4 rings (SSSR count). The van der Waals surface area contributed by atoms with Gasteiger partial charge in [0.05, 0.1) is 11.8 Å². The lowest BCUT2D eigenvalue weighted by molar-refractivity contribution is 0.0697. The molecule has 0 amide bonds. The summed E-state index contributed by atoms with van der Waals surface area (Å²) >= 11 is 0. The quantitative estimate of drug-likeness (QED) is 0.604. The zero-order valence-electron chi connectivity index (χ0n) is 15.6. The van der Waals surface area contributed by atoms with Gasteiger partial charge in [0.1, 0.15) is 12.4 Å². The Hall–Kier alpha value is -3.86. The molecule has 0 radical (unpaired) electrons. The van der Waals surface area contributed by atoms with Crippen LogP contribution in [0.25, 0.3) is 22.8 Å². The van der Waals surface area contributed by atoms with Gasteiger partial charge in [-0.25, -0.2) is 9.78 Å². The van der Waals surface area contributed by atoms with Crippen LogP contribution in [-0.4, -0.2) is 22.7 Å². The van der Waals surface area contributed by atoms with Crippen LogP contribution >= 0.6 is 0 Å². The van der Waals surface area contributed by atoms with Gasteiger partial charge in [0.25, 0.3) is 0 Å². The van der Waals surface area contributed by atoms with Crippen molar-refractivity contribution in [3.63, 3.8) is 0 Å². The number of carboxylic acid groups (broad SMARTS) is 1. The van der Waals surface area contributed by atoms with Gasteiger partial charge in [-0.15, -0.1) is 0 Å². The number of allylic oxidation sites excluding steroid dienone is 4. The van der Waals surface area contributed by atoms with Crippen LogP contribution in [0.2, 0.25) is 0 Å². The first-order chi connectivity index (χ1) is 14.2. The van der Waals surface area contributed by atoms with Crippen LogP contribution < -0.4 is 4.74 Å². The SMILES string of the molecule is O=C(O)c1ccc(-c2ncc(-c3cccc(OCC4=CC=CCC=C4)c3)o2)cc1. The lowest BCUT2D eigenvalue weighted by atomic mass is 10.1. The molecule has 1 aliphatic carbocycles. The zero-order chi connectivity index (χ0) is 20.1. The third-order valence-corrected chi connectivity index (χ3v) is 4.46. The molecule has 5 heteroatoms. The fraction of sp³-hybridized carbons (Fsp3) is 0.0833. The Morgan fingerprint density at radius 3 is 2.79 bits per heavy atom. The predicted octanol–water partition coefficient (Wildman–Crippen LogP) is 5.53. The Balaban J connectivity index is 1.49. The summed E-state index contributed by atoms with van der Waals surface area (Å²) in [6.45, 7) is 0.488. The number of aromatic nitrogens is 1. The minimum atomic E-state index is -0.965. The second-order valence-electron chi connectivity index (χ2n) is 6.54. The van der Waals surface area contributed by atoms with E-state index in [4.69, 9.17) is 14.3 Å². The maximum atomic E-state index is 11.0. The van der Waals surface area contributed by atoms with Crippen molar-refractivity contribution in [3.05, 3.63) is 96.2 Å². The first-order valence-electron chi connectivity index (χ1n) is 9.24. The van der Waals surface area contributed by atoms with Gasteiger partial charge in [-0.3, -0.25) is 0 Å². The monoisotopic (exact) mass is 385 g/mol. The van der Waals surface area contributed by atoms with Crippen LogP contribution in [0.15, 0.2) is 95.1 Å². The molecule has 0 bridgehead atoms. The largest absolute Gasteiger partial charge is 0.489 e. The molecular weight excluding hydrogens is 366 g/mol. The maximum Gasteiger partial charge on any atom is 0.335 e. The first-order valence-corrected chi connectivity index (χ1v) is 9.24. The molecule has 0 saturated heterocycles. The Bertz CT molecular complexity index is 1100. The van der Waals surface area contributed by atoms with E-state index in [9.17, 15) is 4.79 Å². The normalized spacial score (nSPS) is 13.0. The molecule has 0 atom stereocenters. The van der Waals surface area contributed by atoms with Gasteiger partial charge in [0, 0.05) is 11.1 Å². The number of hydrogen-bond acceptors (Lipinski definition) is 4. The van der Waals surface area contributed by atoms with Crippen molar-refractivity contribution in [1.82, 2.24) is 4.98 Å². The van der Waals surface area contributed by atoms with E-state index in [0.29, 0.717) is 23.8 Å². The second-order valence-corrected chi connectivity index (χ2v) is 6.54. The molecule has 0 saturated carbocycles. The van der Waals surface area contributed by atoms with E-state index in [1.165, 1.54) is 12.1 Å². The molecule has 1 N–H and O–H groups in total. The molecule has 0 fully saturated rings. The molecule has 0 spiro atoms. The highest BCUT2D eigenvalue weighted by Gasteiger charge is 2.11. The molecule has 29 heavy (non-hydrogen) atoms. The fourth-order valence-electron chi connectivity index (χ4n) is 2.92. The van der Waals surface area contributed by atoms with Crippen molar-refractivity contribution in [2.45, 2.75) is 6.42 Å². The number of aromatic carboxylic acids is 1. The predicted molar refractivity (Wildman–Crippen MR) is 111 cm³/mol. The summed E-state index contributed by atoms with van der Waals surface area (Å²) in [7, 11) is 0. The number of hydrogen-bond donors (Lipinski definition) is 1. The van der Waals surface area contributed by atoms with Crippen molar-refractivity contribution in [2.75, 3.05) is 6.61 Å². The van der Waals surface area contributed by atoms with Crippen LogP contribution in [0.3, 0.4) is 0 Å². The lowest BCUT2D eigenvalue weighted by Crippen LogP contribution is -1.99. The number of benzene rings is 2. The minimum Gasteiger partial charge on any atom is -0.489 e. The number of nitrogens with zero attached hydrogens (tertiary/aromatic N) is 1. The summed E-state index contributed by atoms with van der Waals surface area (Å²) in [6.07, 6.45) is 12.9. The molecule has 0 unspecified atom stereocenters. The topological polar surface area (TPSA) is 72.6 Å². The van der Waals surface area contributed by atoms with Gasteiger partial charge >= 0.3 is 5.97 Å². The number of carbonyl (C=O) groups is 1. The summed E-state index contributed by atoms with van der Waals surface area (Å²) in [4.78, 5) is 15.3. The average molecular weight is 385 g/mol. The van der Waals surface area contributed by atoms with Crippen LogP contribution in [0.4, 0.5) is 0 Å². The third-order valence-electron chi connectivity index (χ3n) is 4.46. The molecule has 0 aliphatic heterocycles. The Labute approximate surface area is 168 Å².